The van der Waals surface area contributed by atoms with E-state index < -0.39 is 5.54 Å². The maximum absolute atomic E-state index is 12.2. The summed E-state index contributed by atoms with van der Waals surface area (Å²) >= 11 is 0. The number of hydrogen-bond donors (Lipinski definition) is 2. The SMILES string of the molecule is CCCC1CC2(CCO1)NC(=NCC(C)C)NC2=O. The molecule has 2 saturated heterocycles. The molecule has 108 valence electrons. The first-order valence-corrected chi connectivity index (χ1v) is 7.31. The van der Waals surface area contributed by atoms with E-state index in [2.05, 4.69) is 36.4 Å². The van der Waals surface area contributed by atoms with Gasteiger partial charge in [-0.25, -0.2) is 0 Å². The second-order valence-electron chi connectivity index (χ2n) is 5.98. The fourth-order valence-electron chi connectivity index (χ4n) is 2.67. The van der Waals surface area contributed by atoms with Crippen molar-refractivity contribution in [3.05, 3.63) is 0 Å². The van der Waals surface area contributed by atoms with E-state index in [1.807, 2.05) is 0 Å². The van der Waals surface area contributed by atoms with E-state index in [4.69, 9.17) is 4.74 Å². The molecule has 2 atom stereocenters. The Hall–Kier alpha value is -1.10. The van der Waals surface area contributed by atoms with Crippen LogP contribution in [0.15, 0.2) is 4.99 Å². The number of carbonyl (C=O) groups excluding carboxylic acids is 1. The van der Waals surface area contributed by atoms with E-state index in [0.717, 1.165) is 32.2 Å². The lowest BCUT2D eigenvalue weighted by Crippen LogP contribution is -2.53. The number of carbonyl (C=O) groups is 1. The molecule has 0 aromatic carbocycles. The van der Waals surface area contributed by atoms with E-state index in [-0.39, 0.29) is 12.0 Å². The summed E-state index contributed by atoms with van der Waals surface area (Å²) in [4.78, 5) is 16.7. The second kappa shape index (κ2) is 5.90. The van der Waals surface area contributed by atoms with E-state index >= 15 is 0 Å². The van der Waals surface area contributed by atoms with Gasteiger partial charge in [-0.2, -0.15) is 0 Å². The maximum atomic E-state index is 12.2. The van der Waals surface area contributed by atoms with Crippen molar-refractivity contribution in [2.45, 2.75) is 58.1 Å². The molecule has 2 N–H and O–H groups in total. The molecular weight excluding hydrogens is 242 g/mol. The van der Waals surface area contributed by atoms with Gasteiger partial charge in [0.05, 0.1) is 6.10 Å². The van der Waals surface area contributed by atoms with Gasteiger partial charge in [0.2, 0.25) is 0 Å². The molecule has 2 heterocycles. The van der Waals surface area contributed by atoms with Crippen LogP contribution in [0, 0.1) is 5.92 Å². The van der Waals surface area contributed by atoms with Crippen LogP contribution in [0.2, 0.25) is 0 Å². The molecule has 0 aromatic heterocycles. The molecule has 2 aliphatic heterocycles. The number of rotatable bonds is 4. The van der Waals surface area contributed by atoms with E-state index in [9.17, 15) is 4.79 Å². The molecule has 1 spiro atoms. The fourth-order valence-corrected chi connectivity index (χ4v) is 2.67. The largest absolute Gasteiger partial charge is 0.378 e. The third kappa shape index (κ3) is 3.26. The Morgan fingerprint density at radius 3 is 3.00 bits per heavy atom. The lowest BCUT2D eigenvalue weighted by Gasteiger charge is -2.35. The van der Waals surface area contributed by atoms with Gasteiger partial charge in [-0.1, -0.05) is 27.2 Å². The molecular formula is C14H25N3O2. The van der Waals surface area contributed by atoms with Crippen LogP contribution in [0.3, 0.4) is 0 Å². The lowest BCUT2D eigenvalue weighted by atomic mass is 9.85. The summed E-state index contributed by atoms with van der Waals surface area (Å²) in [5.41, 5.74) is -0.492. The smallest absolute Gasteiger partial charge is 0.252 e. The summed E-state index contributed by atoms with van der Waals surface area (Å²) in [7, 11) is 0. The average molecular weight is 267 g/mol. The standard InChI is InChI=1S/C14H25N3O2/c1-4-5-11-8-14(6-7-19-11)12(18)16-13(17-14)15-9-10(2)3/h10-11H,4-9H2,1-3H3,(H2,15,16,17,18). The molecule has 0 aromatic rings. The number of hydrogen-bond acceptors (Lipinski definition) is 3. The Morgan fingerprint density at radius 1 is 1.53 bits per heavy atom. The second-order valence-corrected chi connectivity index (χ2v) is 5.98. The molecule has 0 bridgehead atoms. The van der Waals surface area contributed by atoms with Crippen molar-refractivity contribution < 1.29 is 9.53 Å². The van der Waals surface area contributed by atoms with Crippen molar-refractivity contribution >= 4 is 11.9 Å². The van der Waals surface area contributed by atoms with Gasteiger partial charge in [-0.15, -0.1) is 0 Å². The Bertz CT molecular complexity index is 366. The quantitative estimate of drug-likeness (QED) is 0.810. The first-order valence-electron chi connectivity index (χ1n) is 7.31. The minimum atomic E-state index is -0.492. The van der Waals surface area contributed by atoms with Crippen molar-refractivity contribution in [2.24, 2.45) is 10.9 Å². The van der Waals surface area contributed by atoms with Crippen LogP contribution in [0.1, 0.15) is 46.5 Å². The third-order valence-electron chi connectivity index (χ3n) is 3.71. The minimum Gasteiger partial charge on any atom is -0.378 e. The maximum Gasteiger partial charge on any atom is 0.252 e. The molecule has 0 saturated carbocycles. The van der Waals surface area contributed by atoms with Crippen molar-refractivity contribution in [3.8, 4) is 0 Å². The van der Waals surface area contributed by atoms with Gasteiger partial charge in [0.25, 0.3) is 5.91 Å². The summed E-state index contributed by atoms with van der Waals surface area (Å²) in [5.74, 6) is 1.18. The van der Waals surface area contributed by atoms with Gasteiger partial charge in [0.1, 0.15) is 5.54 Å². The van der Waals surface area contributed by atoms with Gasteiger partial charge < -0.3 is 10.1 Å². The summed E-state index contributed by atoms with van der Waals surface area (Å²) in [6.07, 6.45) is 3.74. The highest BCUT2D eigenvalue weighted by Crippen LogP contribution is 2.29. The molecule has 5 nitrogen and oxygen atoms in total. The normalized spacial score (nSPS) is 32.9. The average Bonchev–Trinajstić information content (AvgIpc) is 2.64. The van der Waals surface area contributed by atoms with Gasteiger partial charge in [-0.3, -0.25) is 15.1 Å². The minimum absolute atomic E-state index is 0.0550. The van der Waals surface area contributed by atoms with Crippen molar-refractivity contribution in [3.63, 3.8) is 0 Å². The van der Waals surface area contributed by atoms with Gasteiger partial charge in [-0.05, 0) is 12.3 Å². The Labute approximate surface area is 115 Å². The molecule has 2 unspecified atom stereocenters. The van der Waals surface area contributed by atoms with Crippen molar-refractivity contribution in [1.29, 1.82) is 0 Å². The van der Waals surface area contributed by atoms with Crippen LogP contribution in [0.25, 0.3) is 0 Å². The Kier molecular flexibility index (Phi) is 4.45. The topological polar surface area (TPSA) is 62.7 Å². The van der Waals surface area contributed by atoms with Crippen LogP contribution in [-0.4, -0.2) is 36.7 Å². The lowest BCUT2D eigenvalue weighted by molar-refractivity contribution is -0.130. The number of nitrogens with one attached hydrogen (secondary N) is 2. The zero-order chi connectivity index (χ0) is 13.9. The molecule has 5 heteroatoms. The van der Waals surface area contributed by atoms with E-state index in [1.54, 1.807) is 0 Å². The molecule has 2 fully saturated rings. The molecule has 2 aliphatic rings. The van der Waals surface area contributed by atoms with Crippen molar-refractivity contribution in [2.75, 3.05) is 13.2 Å². The number of nitrogens with zero attached hydrogens (tertiary/aromatic N) is 1. The first kappa shape index (κ1) is 14.3. The predicted octanol–water partition coefficient (Wildman–Crippen LogP) is 1.44. The molecule has 0 aliphatic carbocycles. The monoisotopic (exact) mass is 267 g/mol. The summed E-state index contributed by atoms with van der Waals surface area (Å²) < 4.78 is 5.73. The highest BCUT2D eigenvalue weighted by atomic mass is 16.5. The molecule has 1 amide bonds. The molecule has 0 radical (unpaired) electrons. The van der Waals surface area contributed by atoms with Crippen LogP contribution >= 0.6 is 0 Å². The number of guanidine groups is 1. The zero-order valence-electron chi connectivity index (χ0n) is 12.2. The molecule has 2 rings (SSSR count). The van der Waals surface area contributed by atoms with Crippen LogP contribution in [-0.2, 0) is 9.53 Å². The van der Waals surface area contributed by atoms with E-state index in [1.165, 1.54) is 0 Å². The van der Waals surface area contributed by atoms with Crippen LogP contribution in [0.5, 0.6) is 0 Å². The van der Waals surface area contributed by atoms with Gasteiger partial charge >= 0.3 is 0 Å². The summed E-state index contributed by atoms with van der Waals surface area (Å²) in [6, 6.07) is 0. The van der Waals surface area contributed by atoms with E-state index in [0.29, 0.717) is 18.5 Å². The highest BCUT2D eigenvalue weighted by molar-refractivity contribution is 6.09. The fraction of sp³-hybridized carbons (Fsp3) is 0.857. The zero-order valence-corrected chi connectivity index (χ0v) is 12.2. The number of aliphatic imine (C=N–C) groups is 1. The number of ether oxygens (including phenoxy) is 1. The predicted molar refractivity (Wildman–Crippen MR) is 75.0 cm³/mol. The van der Waals surface area contributed by atoms with Gasteiger partial charge in [0, 0.05) is 26.0 Å². The third-order valence-corrected chi connectivity index (χ3v) is 3.71. The van der Waals surface area contributed by atoms with Crippen LogP contribution < -0.4 is 10.6 Å². The summed E-state index contributed by atoms with van der Waals surface area (Å²) in [5, 5.41) is 6.19. The Balaban J connectivity index is 2.03. The number of amides is 1. The highest BCUT2D eigenvalue weighted by Gasteiger charge is 2.48. The van der Waals surface area contributed by atoms with Crippen molar-refractivity contribution in [1.82, 2.24) is 10.6 Å². The van der Waals surface area contributed by atoms with Crippen LogP contribution in [0.4, 0.5) is 0 Å². The summed E-state index contributed by atoms with van der Waals surface area (Å²) in [6.45, 7) is 7.74. The van der Waals surface area contributed by atoms with Gasteiger partial charge in [0.15, 0.2) is 5.96 Å². The molecule has 19 heavy (non-hydrogen) atoms. The Morgan fingerprint density at radius 2 is 2.32 bits per heavy atom. The first-order chi connectivity index (χ1) is 9.05.